The topological polar surface area (TPSA) is 41.1 Å². The van der Waals surface area contributed by atoms with E-state index in [0.717, 1.165) is 25.2 Å². The number of amides is 1. The molecule has 0 aliphatic heterocycles. The first kappa shape index (κ1) is 14.5. The molecule has 0 aliphatic rings. The fourth-order valence-electron chi connectivity index (χ4n) is 1.39. The Bertz CT molecular complexity index is 424. The summed E-state index contributed by atoms with van der Waals surface area (Å²) in [5.74, 6) is -5.14. The third-order valence-corrected chi connectivity index (χ3v) is 2.35. The highest BCUT2D eigenvalue weighted by molar-refractivity contribution is 5.94. The van der Waals surface area contributed by atoms with Crippen LogP contribution in [-0.4, -0.2) is 25.5 Å². The lowest BCUT2D eigenvalue weighted by Gasteiger charge is -2.07. The fraction of sp³-hybridized carbons (Fsp3) is 0.417. The summed E-state index contributed by atoms with van der Waals surface area (Å²) in [6.07, 6.45) is 0.672. The van der Waals surface area contributed by atoms with Gasteiger partial charge in [0.25, 0.3) is 5.91 Å². The van der Waals surface area contributed by atoms with E-state index in [4.69, 9.17) is 0 Å². The Balaban J connectivity index is 2.54. The lowest BCUT2D eigenvalue weighted by atomic mass is 10.2. The molecule has 0 atom stereocenters. The van der Waals surface area contributed by atoms with E-state index in [0.29, 0.717) is 13.0 Å². The van der Waals surface area contributed by atoms with Crippen molar-refractivity contribution in [2.45, 2.75) is 13.3 Å². The molecule has 0 saturated heterocycles. The minimum atomic E-state index is -1.63. The van der Waals surface area contributed by atoms with Crippen LogP contribution in [0.5, 0.6) is 0 Å². The van der Waals surface area contributed by atoms with E-state index in [1.54, 1.807) is 0 Å². The second-order valence-corrected chi connectivity index (χ2v) is 3.69. The Labute approximate surface area is 103 Å². The van der Waals surface area contributed by atoms with Gasteiger partial charge in [0.05, 0.1) is 5.56 Å². The summed E-state index contributed by atoms with van der Waals surface area (Å²) < 4.78 is 38.8. The van der Waals surface area contributed by atoms with Crippen LogP contribution < -0.4 is 10.6 Å². The van der Waals surface area contributed by atoms with Crippen molar-refractivity contribution in [3.8, 4) is 0 Å². The summed E-state index contributed by atoms with van der Waals surface area (Å²) in [4.78, 5) is 11.5. The number of benzene rings is 1. The molecular weight excluding hydrogens is 245 g/mol. The van der Waals surface area contributed by atoms with E-state index in [1.165, 1.54) is 0 Å². The van der Waals surface area contributed by atoms with Crippen LogP contribution in [0.1, 0.15) is 23.7 Å². The molecule has 0 aromatic heterocycles. The third-order valence-electron chi connectivity index (χ3n) is 2.35. The molecule has 1 aromatic rings. The van der Waals surface area contributed by atoms with Crippen LogP contribution in [0, 0.1) is 17.5 Å². The Hall–Kier alpha value is -1.56. The van der Waals surface area contributed by atoms with E-state index < -0.39 is 28.9 Å². The van der Waals surface area contributed by atoms with Crippen LogP contribution in [0.25, 0.3) is 0 Å². The summed E-state index contributed by atoms with van der Waals surface area (Å²) >= 11 is 0. The van der Waals surface area contributed by atoms with Crippen molar-refractivity contribution in [1.82, 2.24) is 10.6 Å². The van der Waals surface area contributed by atoms with Gasteiger partial charge in [0.2, 0.25) is 0 Å². The normalized spacial score (nSPS) is 10.4. The number of hydrogen-bond donors (Lipinski definition) is 2. The van der Waals surface area contributed by atoms with Crippen LogP contribution in [0.3, 0.4) is 0 Å². The van der Waals surface area contributed by atoms with Gasteiger partial charge in [-0.2, -0.15) is 0 Å². The molecule has 0 bridgehead atoms. The molecule has 0 spiro atoms. The van der Waals surface area contributed by atoms with Gasteiger partial charge in [0.15, 0.2) is 17.5 Å². The Morgan fingerprint density at radius 3 is 2.56 bits per heavy atom. The molecule has 0 heterocycles. The molecule has 18 heavy (non-hydrogen) atoms. The molecule has 1 aromatic carbocycles. The van der Waals surface area contributed by atoms with Crippen molar-refractivity contribution >= 4 is 5.91 Å². The highest BCUT2D eigenvalue weighted by Gasteiger charge is 2.18. The Morgan fingerprint density at radius 1 is 1.17 bits per heavy atom. The summed E-state index contributed by atoms with van der Waals surface area (Å²) in [7, 11) is 0. The van der Waals surface area contributed by atoms with Crippen molar-refractivity contribution < 1.29 is 18.0 Å². The van der Waals surface area contributed by atoms with Crippen LogP contribution in [-0.2, 0) is 0 Å². The van der Waals surface area contributed by atoms with Crippen molar-refractivity contribution in [2.75, 3.05) is 19.6 Å². The van der Waals surface area contributed by atoms with Crippen molar-refractivity contribution in [1.29, 1.82) is 0 Å². The van der Waals surface area contributed by atoms with Gasteiger partial charge in [-0.15, -0.1) is 0 Å². The maximum absolute atomic E-state index is 13.3. The van der Waals surface area contributed by atoms with Gasteiger partial charge < -0.3 is 10.6 Å². The van der Waals surface area contributed by atoms with E-state index in [1.807, 2.05) is 6.92 Å². The smallest absolute Gasteiger partial charge is 0.254 e. The van der Waals surface area contributed by atoms with Gasteiger partial charge in [0.1, 0.15) is 0 Å². The van der Waals surface area contributed by atoms with Gasteiger partial charge in [-0.3, -0.25) is 4.79 Å². The van der Waals surface area contributed by atoms with E-state index >= 15 is 0 Å². The van der Waals surface area contributed by atoms with Gasteiger partial charge >= 0.3 is 0 Å². The molecule has 0 saturated carbocycles. The second kappa shape index (κ2) is 7.00. The first-order valence-electron chi connectivity index (χ1n) is 5.70. The minimum absolute atomic E-state index is 0.338. The molecule has 0 aliphatic carbocycles. The molecule has 0 fully saturated rings. The molecule has 0 unspecified atom stereocenters. The minimum Gasteiger partial charge on any atom is -0.352 e. The maximum Gasteiger partial charge on any atom is 0.254 e. The van der Waals surface area contributed by atoms with E-state index in [9.17, 15) is 18.0 Å². The third kappa shape index (κ3) is 3.73. The van der Waals surface area contributed by atoms with Gasteiger partial charge in [-0.05, 0) is 31.6 Å². The zero-order valence-electron chi connectivity index (χ0n) is 10.0. The van der Waals surface area contributed by atoms with Gasteiger partial charge in [0, 0.05) is 6.54 Å². The van der Waals surface area contributed by atoms with Crippen LogP contribution >= 0.6 is 0 Å². The second-order valence-electron chi connectivity index (χ2n) is 3.69. The van der Waals surface area contributed by atoms with Gasteiger partial charge in [-0.25, -0.2) is 13.2 Å². The molecule has 2 N–H and O–H groups in total. The number of rotatable bonds is 6. The number of nitrogens with one attached hydrogen (secondary N) is 2. The largest absolute Gasteiger partial charge is 0.352 e. The first-order chi connectivity index (χ1) is 8.57. The molecule has 6 heteroatoms. The van der Waals surface area contributed by atoms with Crippen LogP contribution in [0.4, 0.5) is 13.2 Å². The Kier molecular flexibility index (Phi) is 5.64. The molecule has 100 valence electrons. The first-order valence-corrected chi connectivity index (χ1v) is 5.70. The van der Waals surface area contributed by atoms with Crippen LogP contribution in [0.2, 0.25) is 0 Å². The predicted molar refractivity (Wildman–Crippen MR) is 61.8 cm³/mol. The number of halogens is 3. The molecule has 1 rings (SSSR count). The van der Waals surface area contributed by atoms with E-state index in [-0.39, 0.29) is 0 Å². The number of hydrogen-bond acceptors (Lipinski definition) is 2. The molecule has 0 radical (unpaired) electrons. The zero-order valence-corrected chi connectivity index (χ0v) is 10.0. The maximum atomic E-state index is 13.3. The monoisotopic (exact) mass is 260 g/mol. The van der Waals surface area contributed by atoms with Gasteiger partial charge in [-0.1, -0.05) is 6.92 Å². The molecular formula is C12H15F3N2O. The highest BCUT2D eigenvalue weighted by Crippen LogP contribution is 2.14. The van der Waals surface area contributed by atoms with Crippen molar-refractivity contribution in [2.24, 2.45) is 0 Å². The summed E-state index contributed by atoms with van der Waals surface area (Å²) in [5, 5.41) is 5.49. The highest BCUT2D eigenvalue weighted by atomic mass is 19.2. The predicted octanol–water partition coefficient (Wildman–Crippen LogP) is 1.83. The van der Waals surface area contributed by atoms with E-state index in [2.05, 4.69) is 10.6 Å². The number of carbonyl (C=O) groups is 1. The van der Waals surface area contributed by atoms with Crippen LogP contribution in [0.15, 0.2) is 12.1 Å². The summed E-state index contributed by atoms with van der Waals surface area (Å²) in [5.41, 5.74) is -0.489. The average molecular weight is 260 g/mol. The zero-order chi connectivity index (χ0) is 13.5. The standard InChI is InChI=1S/C12H15F3N2O/c1-2-16-6-3-7-17-12(18)8-4-5-9(13)11(15)10(8)14/h4-5,16H,2-3,6-7H2,1H3,(H,17,18). The van der Waals surface area contributed by atoms with Crippen molar-refractivity contribution in [3.05, 3.63) is 35.1 Å². The summed E-state index contributed by atoms with van der Waals surface area (Å²) in [6, 6.07) is 1.65. The molecule has 1 amide bonds. The lowest BCUT2D eigenvalue weighted by molar-refractivity contribution is 0.0948. The molecule has 3 nitrogen and oxygen atoms in total. The Morgan fingerprint density at radius 2 is 1.89 bits per heavy atom. The number of carbonyl (C=O) groups excluding carboxylic acids is 1. The lowest BCUT2D eigenvalue weighted by Crippen LogP contribution is -2.28. The summed E-state index contributed by atoms with van der Waals surface area (Å²) in [6.45, 7) is 3.84. The van der Waals surface area contributed by atoms with Crippen molar-refractivity contribution in [3.63, 3.8) is 0 Å². The quantitative estimate of drug-likeness (QED) is 0.605. The fourth-order valence-corrected chi connectivity index (χ4v) is 1.39. The average Bonchev–Trinajstić information content (AvgIpc) is 2.35. The SMILES string of the molecule is CCNCCCNC(=O)c1ccc(F)c(F)c1F.